The van der Waals surface area contributed by atoms with Gasteiger partial charge in [-0.2, -0.15) is 4.31 Å². The Morgan fingerprint density at radius 1 is 1.03 bits per heavy atom. The van der Waals surface area contributed by atoms with Gasteiger partial charge < -0.3 is 10.1 Å². The molecule has 162 valence electrons. The second-order valence-electron chi connectivity index (χ2n) is 6.66. The molecule has 0 aliphatic carbocycles. The quantitative estimate of drug-likeness (QED) is 0.513. The molecule has 0 aliphatic rings. The largest absolute Gasteiger partial charge is 0.496 e. The monoisotopic (exact) mass is 478 g/mol. The van der Waals surface area contributed by atoms with Crippen LogP contribution in [0.25, 0.3) is 0 Å². The van der Waals surface area contributed by atoms with Crippen LogP contribution in [0.15, 0.2) is 71.6 Å². The van der Waals surface area contributed by atoms with Crippen LogP contribution in [0.5, 0.6) is 5.75 Å². The maximum Gasteiger partial charge on any atom is 0.255 e. The molecule has 0 aromatic heterocycles. The summed E-state index contributed by atoms with van der Waals surface area (Å²) < 4.78 is 32.3. The van der Waals surface area contributed by atoms with Crippen LogP contribution < -0.4 is 10.1 Å². The standard InChI is InChI=1S/C22H20Cl2N2O4S/c1-26(31(28,29)17-7-4-3-5-8-17)14-16-13-15(11-12-20(16)30-2)22(27)25-19-10-6-9-18(23)21(19)24/h3-13H,14H2,1-2H3,(H,25,27). The van der Waals surface area contributed by atoms with Crippen molar-refractivity contribution < 1.29 is 17.9 Å². The van der Waals surface area contributed by atoms with Gasteiger partial charge in [0.2, 0.25) is 10.0 Å². The van der Waals surface area contributed by atoms with E-state index in [0.717, 1.165) is 0 Å². The Labute approximate surface area is 191 Å². The van der Waals surface area contributed by atoms with Crippen molar-refractivity contribution in [1.29, 1.82) is 0 Å². The van der Waals surface area contributed by atoms with Crippen molar-refractivity contribution in [2.75, 3.05) is 19.5 Å². The number of hydrogen-bond acceptors (Lipinski definition) is 4. The van der Waals surface area contributed by atoms with Gasteiger partial charge in [0.15, 0.2) is 0 Å². The summed E-state index contributed by atoms with van der Waals surface area (Å²) >= 11 is 12.1. The third-order valence-electron chi connectivity index (χ3n) is 4.59. The Morgan fingerprint density at radius 3 is 2.42 bits per heavy atom. The van der Waals surface area contributed by atoms with Crippen molar-refractivity contribution in [2.24, 2.45) is 0 Å². The van der Waals surface area contributed by atoms with E-state index in [1.165, 1.54) is 30.6 Å². The van der Waals surface area contributed by atoms with Crippen LogP contribution in [0.4, 0.5) is 5.69 Å². The van der Waals surface area contributed by atoms with E-state index in [0.29, 0.717) is 27.6 Å². The predicted octanol–water partition coefficient (Wildman–Crippen LogP) is 5.08. The van der Waals surface area contributed by atoms with Crippen molar-refractivity contribution in [3.8, 4) is 5.75 Å². The third-order valence-corrected chi connectivity index (χ3v) is 7.22. The summed E-state index contributed by atoms with van der Waals surface area (Å²) in [6.07, 6.45) is 0. The SMILES string of the molecule is COc1ccc(C(=O)Nc2cccc(Cl)c2Cl)cc1CN(C)S(=O)(=O)c1ccccc1. The van der Waals surface area contributed by atoms with E-state index in [9.17, 15) is 13.2 Å². The number of nitrogens with one attached hydrogen (secondary N) is 1. The first-order valence-corrected chi connectivity index (χ1v) is 11.4. The number of nitrogens with zero attached hydrogens (tertiary/aromatic N) is 1. The van der Waals surface area contributed by atoms with Gasteiger partial charge in [-0.05, 0) is 42.5 Å². The molecule has 0 aliphatic heterocycles. The molecule has 31 heavy (non-hydrogen) atoms. The molecule has 0 fully saturated rings. The lowest BCUT2D eigenvalue weighted by Crippen LogP contribution is -2.27. The smallest absolute Gasteiger partial charge is 0.255 e. The van der Waals surface area contributed by atoms with Gasteiger partial charge in [-0.15, -0.1) is 0 Å². The Balaban J connectivity index is 1.87. The maximum atomic E-state index is 12.8. The molecular formula is C22H20Cl2N2O4S. The zero-order valence-electron chi connectivity index (χ0n) is 16.8. The maximum absolute atomic E-state index is 12.8. The number of anilines is 1. The molecule has 3 aromatic rings. The predicted molar refractivity (Wildman–Crippen MR) is 123 cm³/mol. The Bertz CT molecular complexity index is 1200. The molecule has 0 atom stereocenters. The van der Waals surface area contributed by atoms with Crippen LogP contribution in [-0.2, 0) is 16.6 Å². The number of hydrogen-bond donors (Lipinski definition) is 1. The van der Waals surface area contributed by atoms with E-state index in [4.69, 9.17) is 27.9 Å². The average Bonchev–Trinajstić information content (AvgIpc) is 2.77. The highest BCUT2D eigenvalue weighted by atomic mass is 35.5. The summed E-state index contributed by atoms with van der Waals surface area (Å²) in [6.45, 7) is 0.0133. The molecule has 0 radical (unpaired) electrons. The van der Waals surface area contributed by atoms with E-state index in [2.05, 4.69) is 5.32 Å². The summed E-state index contributed by atoms with van der Waals surface area (Å²) in [4.78, 5) is 12.9. The fourth-order valence-electron chi connectivity index (χ4n) is 2.94. The van der Waals surface area contributed by atoms with Gasteiger partial charge >= 0.3 is 0 Å². The Morgan fingerprint density at radius 2 is 1.74 bits per heavy atom. The van der Waals surface area contributed by atoms with Crippen molar-refractivity contribution in [1.82, 2.24) is 4.31 Å². The lowest BCUT2D eigenvalue weighted by Gasteiger charge is -2.19. The Kier molecular flexibility index (Phi) is 7.23. The highest BCUT2D eigenvalue weighted by molar-refractivity contribution is 7.89. The van der Waals surface area contributed by atoms with Crippen molar-refractivity contribution in [3.63, 3.8) is 0 Å². The lowest BCUT2D eigenvalue weighted by atomic mass is 10.1. The van der Waals surface area contributed by atoms with Crippen molar-refractivity contribution >= 4 is 44.8 Å². The van der Waals surface area contributed by atoms with Crippen LogP contribution >= 0.6 is 23.2 Å². The van der Waals surface area contributed by atoms with Gasteiger partial charge in [-0.3, -0.25) is 4.79 Å². The second kappa shape index (κ2) is 9.70. The molecule has 1 N–H and O–H groups in total. The van der Waals surface area contributed by atoms with E-state index in [1.807, 2.05) is 0 Å². The zero-order chi connectivity index (χ0) is 22.6. The number of halogens is 2. The van der Waals surface area contributed by atoms with E-state index < -0.39 is 15.9 Å². The van der Waals surface area contributed by atoms with Crippen molar-refractivity contribution in [2.45, 2.75) is 11.4 Å². The minimum atomic E-state index is -3.71. The molecule has 0 saturated carbocycles. The molecule has 9 heteroatoms. The minimum absolute atomic E-state index is 0.0133. The molecule has 0 bridgehead atoms. The summed E-state index contributed by atoms with van der Waals surface area (Å²) in [5.74, 6) is 0.0501. The van der Waals surface area contributed by atoms with Crippen LogP contribution in [0.1, 0.15) is 15.9 Å². The van der Waals surface area contributed by atoms with Crippen LogP contribution in [0.2, 0.25) is 10.0 Å². The van der Waals surface area contributed by atoms with Gasteiger partial charge in [-0.1, -0.05) is 47.5 Å². The molecule has 1 amide bonds. The van der Waals surface area contributed by atoms with E-state index >= 15 is 0 Å². The molecule has 0 spiro atoms. The van der Waals surface area contributed by atoms with Gasteiger partial charge in [0.1, 0.15) is 5.75 Å². The fraction of sp³-hybridized carbons (Fsp3) is 0.136. The van der Waals surface area contributed by atoms with Gasteiger partial charge in [0.05, 0.1) is 27.7 Å². The number of amides is 1. The fourth-order valence-corrected chi connectivity index (χ4v) is 4.45. The number of carbonyl (C=O) groups excluding carboxylic acids is 1. The van der Waals surface area contributed by atoms with E-state index in [1.54, 1.807) is 54.6 Å². The van der Waals surface area contributed by atoms with Crippen LogP contribution in [0.3, 0.4) is 0 Å². The molecule has 0 unspecified atom stereocenters. The first-order chi connectivity index (χ1) is 14.7. The normalized spacial score (nSPS) is 11.4. The van der Waals surface area contributed by atoms with Crippen LogP contribution in [-0.4, -0.2) is 32.8 Å². The first kappa shape index (κ1) is 23.1. The average molecular weight is 479 g/mol. The molecule has 0 heterocycles. The van der Waals surface area contributed by atoms with Gasteiger partial charge in [0.25, 0.3) is 5.91 Å². The number of carbonyl (C=O) groups is 1. The number of methoxy groups -OCH3 is 1. The first-order valence-electron chi connectivity index (χ1n) is 9.17. The minimum Gasteiger partial charge on any atom is -0.496 e. The summed E-state index contributed by atoms with van der Waals surface area (Å²) in [7, 11) is -0.754. The number of ether oxygens (including phenoxy) is 1. The van der Waals surface area contributed by atoms with Gasteiger partial charge in [0, 0.05) is 24.7 Å². The summed E-state index contributed by atoms with van der Waals surface area (Å²) in [6, 6.07) is 17.8. The summed E-state index contributed by atoms with van der Waals surface area (Å²) in [5.41, 5.74) is 1.23. The van der Waals surface area contributed by atoms with Gasteiger partial charge in [-0.25, -0.2) is 8.42 Å². The second-order valence-corrected chi connectivity index (χ2v) is 9.49. The number of sulfonamides is 1. The number of benzene rings is 3. The zero-order valence-corrected chi connectivity index (χ0v) is 19.1. The van der Waals surface area contributed by atoms with Crippen LogP contribution in [0, 0.1) is 0 Å². The molecule has 0 saturated heterocycles. The third kappa shape index (κ3) is 5.19. The highest BCUT2D eigenvalue weighted by Gasteiger charge is 2.22. The molecule has 6 nitrogen and oxygen atoms in total. The van der Waals surface area contributed by atoms with E-state index in [-0.39, 0.29) is 16.5 Å². The topological polar surface area (TPSA) is 75.7 Å². The summed E-state index contributed by atoms with van der Waals surface area (Å²) in [5, 5.41) is 3.27. The highest BCUT2D eigenvalue weighted by Crippen LogP contribution is 2.30. The Hall–Kier alpha value is -2.58. The number of rotatable bonds is 7. The lowest BCUT2D eigenvalue weighted by molar-refractivity contribution is 0.102. The van der Waals surface area contributed by atoms with Crippen molar-refractivity contribution in [3.05, 3.63) is 87.9 Å². The molecule has 3 aromatic carbocycles. The molecular weight excluding hydrogens is 459 g/mol. The molecule has 3 rings (SSSR count).